The molecular weight excluding hydrogens is 208 g/mol. The Morgan fingerprint density at radius 2 is 1.25 bits per heavy atom. The third-order valence-electron chi connectivity index (χ3n) is 0.980. The van der Waals surface area contributed by atoms with E-state index in [4.69, 9.17) is 19.7 Å². The summed E-state index contributed by atoms with van der Waals surface area (Å²) in [5.41, 5.74) is 0. The SMILES string of the molecule is C=CCOCC=C.CCOCC.OCCO. The van der Waals surface area contributed by atoms with Crippen LogP contribution in [0.15, 0.2) is 25.3 Å². The minimum absolute atomic E-state index is 0.125. The van der Waals surface area contributed by atoms with Gasteiger partial charge in [-0.05, 0) is 13.8 Å². The van der Waals surface area contributed by atoms with E-state index < -0.39 is 0 Å². The molecule has 16 heavy (non-hydrogen) atoms. The molecule has 0 aromatic rings. The molecule has 0 aliphatic rings. The summed E-state index contributed by atoms with van der Waals surface area (Å²) in [7, 11) is 0. The second-order valence-electron chi connectivity index (χ2n) is 2.34. The van der Waals surface area contributed by atoms with Crippen molar-refractivity contribution in [2.75, 3.05) is 39.6 Å². The maximum absolute atomic E-state index is 7.62. The Bertz CT molecular complexity index is 104. The van der Waals surface area contributed by atoms with Crippen molar-refractivity contribution in [2.24, 2.45) is 0 Å². The van der Waals surface area contributed by atoms with Crippen LogP contribution < -0.4 is 0 Å². The molecule has 0 aromatic heterocycles. The highest BCUT2D eigenvalue weighted by molar-refractivity contribution is 4.68. The minimum Gasteiger partial charge on any atom is -0.394 e. The van der Waals surface area contributed by atoms with E-state index in [2.05, 4.69) is 13.2 Å². The van der Waals surface area contributed by atoms with Gasteiger partial charge in [-0.3, -0.25) is 0 Å². The van der Waals surface area contributed by atoms with Crippen LogP contribution in [0.2, 0.25) is 0 Å². The topological polar surface area (TPSA) is 58.9 Å². The van der Waals surface area contributed by atoms with Crippen LogP contribution in [0.1, 0.15) is 13.8 Å². The van der Waals surface area contributed by atoms with Crippen LogP contribution in [0, 0.1) is 0 Å². The number of ether oxygens (including phenoxy) is 2. The summed E-state index contributed by atoms with van der Waals surface area (Å²) in [4.78, 5) is 0. The molecule has 0 radical (unpaired) electrons. The van der Waals surface area contributed by atoms with Crippen molar-refractivity contribution in [3.05, 3.63) is 25.3 Å². The molecule has 0 heterocycles. The highest BCUT2D eigenvalue weighted by Gasteiger charge is 1.70. The minimum atomic E-state index is -0.125. The Labute approximate surface area is 99.2 Å². The Morgan fingerprint density at radius 1 is 0.875 bits per heavy atom. The van der Waals surface area contributed by atoms with Gasteiger partial charge in [-0.15, -0.1) is 13.2 Å². The van der Waals surface area contributed by atoms with Gasteiger partial charge in [0.25, 0.3) is 0 Å². The van der Waals surface area contributed by atoms with E-state index in [0.29, 0.717) is 13.2 Å². The van der Waals surface area contributed by atoms with E-state index >= 15 is 0 Å². The fourth-order valence-electron chi connectivity index (χ4n) is 0.439. The number of rotatable bonds is 7. The van der Waals surface area contributed by atoms with E-state index in [9.17, 15) is 0 Å². The van der Waals surface area contributed by atoms with E-state index in [-0.39, 0.29) is 13.2 Å². The molecule has 0 saturated carbocycles. The molecule has 0 aromatic carbocycles. The number of aliphatic hydroxyl groups excluding tert-OH is 2. The third kappa shape index (κ3) is 50.6. The summed E-state index contributed by atoms with van der Waals surface area (Å²) < 4.78 is 9.73. The van der Waals surface area contributed by atoms with Gasteiger partial charge in [-0.25, -0.2) is 0 Å². The van der Waals surface area contributed by atoms with E-state index in [0.717, 1.165) is 13.2 Å². The average molecular weight is 234 g/mol. The number of aliphatic hydroxyl groups is 2. The summed E-state index contributed by atoms with van der Waals surface area (Å²) >= 11 is 0. The highest BCUT2D eigenvalue weighted by Crippen LogP contribution is 1.72. The molecule has 2 N–H and O–H groups in total. The fourth-order valence-corrected chi connectivity index (χ4v) is 0.439. The van der Waals surface area contributed by atoms with Crippen LogP contribution in [0.3, 0.4) is 0 Å². The van der Waals surface area contributed by atoms with Gasteiger partial charge >= 0.3 is 0 Å². The molecule has 0 rings (SSSR count). The van der Waals surface area contributed by atoms with Crippen LogP contribution in [0.25, 0.3) is 0 Å². The number of hydrogen-bond donors (Lipinski definition) is 2. The third-order valence-corrected chi connectivity index (χ3v) is 0.980. The normalized spacial score (nSPS) is 8.00. The molecule has 0 atom stereocenters. The zero-order chi connectivity index (χ0) is 13.1. The second-order valence-corrected chi connectivity index (χ2v) is 2.34. The number of hydrogen-bond acceptors (Lipinski definition) is 4. The molecule has 0 unspecified atom stereocenters. The van der Waals surface area contributed by atoms with Gasteiger partial charge in [0.2, 0.25) is 0 Å². The van der Waals surface area contributed by atoms with Crippen molar-refractivity contribution in [1.29, 1.82) is 0 Å². The Hall–Kier alpha value is -0.680. The van der Waals surface area contributed by atoms with Crippen LogP contribution in [0.4, 0.5) is 0 Å². The van der Waals surface area contributed by atoms with Gasteiger partial charge in [0.05, 0.1) is 26.4 Å². The van der Waals surface area contributed by atoms with Crippen LogP contribution in [0.5, 0.6) is 0 Å². The van der Waals surface area contributed by atoms with Crippen LogP contribution in [-0.4, -0.2) is 49.9 Å². The molecular formula is C12H26O4. The van der Waals surface area contributed by atoms with Gasteiger partial charge in [-0.2, -0.15) is 0 Å². The molecule has 0 bridgehead atoms. The molecule has 0 spiro atoms. The fraction of sp³-hybridized carbons (Fsp3) is 0.667. The maximum Gasteiger partial charge on any atom is 0.0662 e. The summed E-state index contributed by atoms with van der Waals surface area (Å²) in [6, 6.07) is 0. The zero-order valence-corrected chi connectivity index (χ0v) is 10.5. The summed E-state index contributed by atoms with van der Waals surface area (Å²) in [6.45, 7) is 13.6. The van der Waals surface area contributed by atoms with E-state index in [1.54, 1.807) is 12.2 Å². The van der Waals surface area contributed by atoms with Gasteiger partial charge in [0.15, 0.2) is 0 Å². The first-order chi connectivity index (χ1) is 7.74. The molecule has 0 fully saturated rings. The predicted octanol–water partition coefficient (Wildman–Crippen LogP) is 1.39. The first-order valence-electron chi connectivity index (χ1n) is 5.33. The molecule has 0 aliphatic heterocycles. The van der Waals surface area contributed by atoms with Crippen molar-refractivity contribution < 1.29 is 19.7 Å². The standard InChI is InChI=1S/C6H10O.C4H10O.C2H6O2/c1-3-5-7-6-4-2;1-3-5-4-2;3-1-2-4/h3-4H,1-2,5-6H2;3-4H2,1-2H3;3-4H,1-2H2. The van der Waals surface area contributed by atoms with Gasteiger partial charge in [-0.1, -0.05) is 12.2 Å². The lowest BCUT2D eigenvalue weighted by Gasteiger charge is -1.89. The lowest BCUT2D eigenvalue weighted by atomic mass is 10.6. The van der Waals surface area contributed by atoms with Crippen molar-refractivity contribution in [2.45, 2.75) is 13.8 Å². The van der Waals surface area contributed by atoms with Crippen molar-refractivity contribution in [3.63, 3.8) is 0 Å². The molecule has 0 aliphatic carbocycles. The van der Waals surface area contributed by atoms with Gasteiger partial charge < -0.3 is 19.7 Å². The average Bonchev–Trinajstić information content (AvgIpc) is 2.32. The van der Waals surface area contributed by atoms with Crippen LogP contribution >= 0.6 is 0 Å². The van der Waals surface area contributed by atoms with E-state index in [1.165, 1.54) is 0 Å². The summed E-state index contributed by atoms with van der Waals surface area (Å²) in [5, 5.41) is 15.2. The lowest BCUT2D eigenvalue weighted by molar-refractivity contribution is 0.162. The maximum atomic E-state index is 7.62. The molecule has 98 valence electrons. The smallest absolute Gasteiger partial charge is 0.0662 e. The zero-order valence-electron chi connectivity index (χ0n) is 10.5. The predicted molar refractivity (Wildman–Crippen MR) is 67.6 cm³/mol. The Morgan fingerprint density at radius 3 is 1.38 bits per heavy atom. The summed E-state index contributed by atoms with van der Waals surface area (Å²) in [6.07, 6.45) is 3.42. The Balaban J connectivity index is -0.000000166. The summed E-state index contributed by atoms with van der Waals surface area (Å²) in [5.74, 6) is 0. The van der Waals surface area contributed by atoms with Crippen molar-refractivity contribution in [3.8, 4) is 0 Å². The van der Waals surface area contributed by atoms with E-state index in [1.807, 2.05) is 13.8 Å². The van der Waals surface area contributed by atoms with Gasteiger partial charge in [0.1, 0.15) is 0 Å². The Kier molecular flexibility index (Phi) is 37.8. The van der Waals surface area contributed by atoms with Crippen molar-refractivity contribution >= 4 is 0 Å². The van der Waals surface area contributed by atoms with Crippen molar-refractivity contribution in [1.82, 2.24) is 0 Å². The first-order valence-corrected chi connectivity index (χ1v) is 5.33. The van der Waals surface area contributed by atoms with Crippen LogP contribution in [-0.2, 0) is 9.47 Å². The highest BCUT2D eigenvalue weighted by atomic mass is 16.5. The molecule has 4 heteroatoms. The quantitative estimate of drug-likeness (QED) is 0.516. The largest absolute Gasteiger partial charge is 0.394 e. The molecule has 0 amide bonds. The monoisotopic (exact) mass is 234 g/mol. The molecule has 4 nitrogen and oxygen atoms in total. The first kappa shape index (κ1) is 20.7. The van der Waals surface area contributed by atoms with Gasteiger partial charge in [0, 0.05) is 13.2 Å². The second kappa shape index (κ2) is 29.2. The lowest BCUT2D eigenvalue weighted by Crippen LogP contribution is -1.87. The molecule has 0 saturated heterocycles.